The zero-order valence-corrected chi connectivity index (χ0v) is 40.9. The normalized spacial score (nSPS) is 17.1. The number of hydrogen-bond donors (Lipinski definition) is 5. The highest BCUT2D eigenvalue weighted by Crippen LogP contribution is 2.34. The van der Waals surface area contributed by atoms with E-state index in [9.17, 15) is 24.0 Å². The molecule has 6 N–H and O–H groups in total. The minimum absolute atomic E-state index is 0.0223. The van der Waals surface area contributed by atoms with Crippen LogP contribution in [0.15, 0.2) is 79.1 Å². The van der Waals surface area contributed by atoms with Crippen molar-refractivity contribution in [3.63, 3.8) is 0 Å². The number of anilines is 3. The van der Waals surface area contributed by atoms with Gasteiger partial charge in [-0.1, -0.05) is 50.2 Å². The molecule has 73 heavy (non-hydrogen) atoms. The average molecular weight is 997 g/mol. The van der Waals surface area contributed by atoms with E-state index in [2.05, 4.69) is 57.2 Å². The van der Waals surface area contributed by atoms with E-state index in [1.54, 1.807) is 16.6 Å². The van der Waals surface area contributed by atoms with Gasteiger partial charge in [0.2, 0.25) is 23.7 Å². The Bertz CT molecular complexity index is 3000. The highest BCUT2D eigenvalue weighted by Gasteiger charge is 2.45. The van der Waals surface area contributed by atoms with Gasteiger partial charge in [-0.3, -0.25) is 44.1 Å². The molecule has 0 aliphatic carbocycles. The van der Waals surface area contributed by atoms with Crippen LogP contribution in [0.1, 0.15) is 77.3 Å². The van der Waals surface area contributed by atoms with E-state index in [1.165, 1.54) is 6.07 Å². The number of pyridine rings is 1. The van der Waals surface area contributed by atoms with Gasteiger partial charge in [0.15, 0.2) is 5.65 Å². The first-order chi connectivity index (χ1) is 35.5. The molecule has 0 spiro atoms. The maximum absolute atomic E-state index is 13.3. The lowest BCUT2D eigenvalue weighted by molar-refractivity contribution is -0.136. The van der Waals surface area contributed by atoms with Gasteiger partial charge >= 0.3 is 6.01 Å². The van der Waals surface area contributed by atoms with Gasteiger partial charge in [-0.25, -0.2) is 0 Å². The summed E-state index contributed by atoms with van der Waals surface area (Å²) in [4.78, 5) is 80.7. The summed E-state index contributed by atoms with van der Waals surface area (Å²) >= 11 is 0. The van der Waals surface area contributed by atoms with E-state index in [-0.39, 0.29) is 61.6 Å². The Labute approximate surface area is 421 Å². The van der Waals surface area contributed by atoms with Crippen LogP contribution in [0.5, 0.6) is 6.01 Å². The van der Waals surface area contributed by atoms with Gasteiger partial charge in [0, 0.05) is 66.7 Å². The number of aromatic nitrogens is 5. The first-order valence-corrected chi connectivity index (χ1v) is 24.7. The number of benzene rings is 3. The summed E-state index contributed by atoms with van der Waals surface area (Å²) in [6, 6.07) is 19.9. The average Bonchev–Trinajstić information content (AvgIpc) is 3.93. The fraction of sp³-hybridized carbons (Fsp3) is 0.404. The van der Waals surface area contributed by atoms with Crippen LogP contribution in [0.4, 0.5) is 17.3 Å². The van der Waals surface area contributed by atoms with Gasteiger partial charge in [-0.2, -0.15) is 19.6 Å². The summed E-state index contributed by atoms with van der Waals surface area (Å²) in [5.41, 5.74) is 11.9. The third kappa shape index (κ3) is 11.9. The molecular weight excluding hydrogens is 937 g/mol. The number of amides is 5. The van der Waals surface area contributed by atoms with E-state index >= 15 is 0 Å². The van der Waals surface area contributed by atoms with Crippen molar-refractivity contribution in [2.45, 2.75) is 64.1 Å². The molecule has 21 nitrogen and oxygen atoms in total. The lowest BCUT2D eigenvalue weighted by Crippen LogP contribution is -2.54. The maximum atomic E-state index is 13.3. The van der Waals surface area contributed by atoms with Crippen molar-refractivity contribution < 1.29 is 42.9 Å². The molecule has 5 amide bonds. The fourth-order valence-electron chi connectivity index (χ4n) is 9.30. The zero-order valence-electron chi connectivity index (χ0n) is 40.9. The maximum Gasteiger partial charge on any atom is 0.322 e. The second kappa shape index (κ2) is 23.3. The summed E-state index contributed by atoms with van der Waals surface area (Å²) < 4.78 is 25.4. The Morgan fingerprint density at radius 1 is 0.877 bits per heavy atom. The molecule has 0 bridgehead atoms. The highest BCUT2D eigenvalue weighted by atomic mass is 16.5. The van der Waals surface area contributed by atoms with Crippen molar-refractivity contribution >= 4 is 63.3 Å². The molecule has 382 valence electrons. The van der Waals surface area contributed by atoms with Crippen LogP contribution >= 0.6 is 0 Å². The number of hydrogen-bond acceptors (Lipinski definition) is 17. The van der Waals surface area contributed by atoms with E-state index in [0.29, 0.717) is 75.1 Å². The Morgan fingerprint density at radius 2 is 1.67 bits per heavy atom. The quantitative estimate of drug-likeness (QED) is 0.0343. The monoisotopic (exact) mass is 996 g/mol. The highest BCUT2D eigenvalue weighted by molar-refractivity contribution is 6.25. The predicted molar refractivity (Wildman–Crippen MR) is 271 cm³/mol. The van der Waals surface area contributed by atoms with Crippen molar-refractivity contribution in [2.75, 3.05) is 88.7 Å². The standard InChI is InChI=1S/C52H60N12O9/c1-32(2)40-29-58-64-47(40)60-52(61-51(64)57-28-34-7-3-4-9-37(34)46-38-13-12-35(53)27-33(38)16-17-55-46)73-36-8-6-19-62(31-36)20-22-71-24-26-72-25-23-70-21-18-54-44(66)30-56-41-11-5-10-39-45(41)50(69)63(49(39)68)42-14-15-43(65)59-48(42)67/h3-5,7,9-13,16-17,27,29,32,36,42,56H,6,8,14-15,18-26,28,30-31,53H2,1-2H3,(H,54,66)(H,57,60,61)(H,59,65,67)/t36-,42?/m1/s1. The van der Waals surface area contributed by atoms with Crippen LogP contribution in [0, 0.1) is 0 Å². The number of nitrogens with zero attached hydrogens (tertiary/aromatic N) is 7. The molecule has 6 heterocycles. The number of nitrogen functional groups attached to an aromatic ring is 1. The first kappa shape index (κ1) is 50.4. The minimum atomic E-state index is -1.08. The molecule has 0 saturated carbocycles. The number of nitrogens with one attached hydrogen (secondary N) is 4. The fourth-order valence-corrected chi connectivity index (χ4v) is 9.30. The Morgan fingerprint density at radius 3 is 2.49 bits per heavy atom. The molecule has 3 aliphatic rings. The van der Waals surface area contributed by atoms with Crippen LogP contribution in [0.2, 0.25) is 0 Å². The van der Waals surface area contributed by atoms with Crippen molar-refractivity contribution in [1.29, 1.82) is 0 Å². The van der Waals surface area contributed by atoms with Gasteiger partial charge in [0.05, 0.1) is 69.2 Å². The number of rotatable bonds is 23. The van der Waals surface area contributed by atoms with Crippen LogP contribution in [-0.2, 0) is 35.1 Å². The van der Waals surface area contributed by atoms with E-state index in [0.717, 1.165) is 64.0 Å². The Hall–Kier alpha value is -7.59. The SMILES string of the molecule is CC(C)c1cnn2c(NCc3ccccc3-c3nccc4cc(N)ccc34)nc(O[C@@H]3CCCN(CCOCCOCCOCCNC(=O)CNc4cccc5c4C(=O)N(C4CCC(=O)NC4=O)C5=O)C3)nc12. The number of likely N-dealkylation sites (tertiary alicyclic amines) is 1. The van der Waals surface area contributed by atoms with Gasteiger partial charge in [0.1, 0.15) is 12.1 Å². The summed E-state index contributed by atoms with van der Waals surface area (Å²) in [5.74, 6) is -2.04. The number of nitrogens with two attached hydrogens (primary N) is 1. The summed E-state index contributed by atoms with van der Waals surface area (Å²) in [7, 11) is 0. The molecule has 3 aliphatic heterocycles. The molecule has 2 fully saturated rings. The van der Waals surface area contributed by atoms with Gasteiger partial charge < -0.3 is 40.6 Å². The number of imide groups is 2. The van der Waals surface area contributed by atoms with E-state index in [1.807, 2.05) is 48.8 Å². The number of piperidine rings is 2. The van der Waals surface area contributed by atoms with E-state index < -0.39 is 29.7 Å². The lowest BCUT2D eigenvalue weighted by atomic mass is 9.99. The summed E-state index contributed by atoms with van der Waals surface area (Å²) in [6.45, 7) is 9.50. The second-order valence-electron chi connectivity index (χ2n) is 18.4. The van der Waals surface area contributed by atoms with Gasteiger partial charge in [-0.05, 0) is 73.0 Å². The molecule has 1 unspecified atom stereocenters. The third-order valence-electron chi connectivity index (χ3n) is 13.0. The molecule has 0 radical (unpaired) electrons. The Balaban J connectivity index is 0.665. The second-order valence-corrected chi connectivity index (χ2v) is 18.4. The molecule has 6 aromatic rings. The van der Waals surface area contributed by atoms with Crippen molar-refractivity contribution in [3.05, 3.63) is 101 Å². The zero-order chi connectivity index (χ0) is 50.8. The van der Waals surface area contributed by atoms with Gasteiger partial charge in [-0.15, -0.1) is 0 Å². The largest absolute Gasteiger partial charge is 0.459 e. The van der Waals surface area contributed by atoms with Crippen LogP contribution in [0.25, 0.3) is 27.7 Å². The number of carbonyl (C=O) groups excluding carboxylic acids is 5. The summed E-state index contributed by atoms with van der Waals surface area (Å²) in [5, 5.41) is 18.1. The minimum Gasteiger partial charge on any atom is -0.459 e. The molecule has 2 saturated heterocycles. The van der Waals surface area contributed by atoms with Crippen LogP contribution in [0.3, 0.4) is 0 Å². The van der Waals surface area contributed by atoms with Crippen molar-refractivity contribution in [2.24, 2.45) is 0 Å². The number of ether oxygens (including phenoxy) is 4. The molecule has 3 aromatic heterocycles. The molecule has 3 aromatic carbocycles. The molecule has 21 heteroatoms. The van der Waals surface area contributed by atoms with Crippen molar-refractivity contribution in [3.8, 4) is 17.3 Å². The molecular formula is C52H60N12O9. The molecule has 9 rings (SSSR count). The van der Waals surface area contributed by atoms with Crippen LogP contribution < -0.4 is 31.7 Å². The topological polar surface area (TPSA) is 259 Å². The van der Waals surface area contributed by atoms with Crippen molar-refractivity contribution in [1.82, 2.24) is 45.0 Å². The number of carbonyl (C=O) groups is 5. The lowest BCUT2D eigenvalue weighted by Gasteiger charge is -2.32. The summed E-state index contributed by atoms with van der Waals surface area (Å²) in [6.07, 6.45) is 5.47. The Kier molecular flexibility index (Phi) is 16.1. The van der Waals surface area contributed by atoms with Crippen LogP contribution in [-0.4, -0.2) is 148 Å². The number of fused-ring (bicyclic) bond motifs is 3. The predicted octanol–water partition coefficient (Wildman–Crippen LogP) is 4.18. The van der Waals surface area contributed by atoms with E-state index in [4.69, 9.17) is 39.6 Å². The smallest absolute Gasteiger partial charge is 0.322 e. The third-order valence-corrected chi connectivity index (χ3v) is 13.0. The van der Waals surface area contributed by atoms with Gasteiger partial charge in [0.25, 0.3) is 11.8 Å². The molecule has 2 atom stereocenters. The first-order valence-electron chi connectivity index (χ1n) is 24.7.